The minimum Gasteiger partial charge on any atom is -0.294 e. The quantitative estimate of drug-likeness (QED) is 0.559. The largest absolute Gasteiger partial charge is 0.294 e. The Bertz CT molecular complexity index is 459. The molecule has 1 unspecified atom stereocenters. The van der Waals surface area contributed by atoms with Crippen molar-refractivity contribution in [1.29, 1.82) is 0 Å². The Labute approximate surface area is 95.7 Å². The van der Waals surface area contributed by atoms with Crippen molar-refractivity contribution in [2.75, 3.05) is 0 Å². The SMILES string of the molecule is CC(c1ccccc1)[13C](=O)c1ccccc1. The highest BCUT2D eigenvalue weighted by Gasteiger charge is 2.15. The summed E-state index contributed by atoms with van der Waals surface area (Å²) in [6.07, 6.45) is 0. The maximum atomic E-state index is 12.1. The van der Waals surface area contributed by atoms with Gasteiger partial charge in [-0.1, -0.05) is 67.6 Å². The molecular weight excluding hydrogens is 197 g/mol. The Kier molecular flexibility index (Phi) is 3.16. The topological polar surface area (TPSA) is 17.1 Å². The molecule has 0 bridgehead atoms. The standard InChI is InChI=1S/C15H14O/c1-12(13-8-4-2-5-9-13)15(16)14-10-6-3-7-11-14/h2-12H,1H3/i15+1. The molecule has 1 nitrogen and oxygen atoms in total. The number of carbonyl (C=O) groups is 1. The predicted molar refractivity (Wildman–Crippen MR) is 65.6 cm³/mol. The molecule has 0 aliphatic rings. The number of ketones is 1. The van der Waals surface area contributed by atoms with Gasteiger partial charge in [0.1, 0.15) is 0 Å². The van der Waals surface area contributed by atoms with E-state index in [1.807, 2.05) is 67.6 Å². The number of hydrogen-bond acceptors (Lipinski definition) is 1. The van der Waals surface area contributed by atoms with E-state index in [4.69, 9.17) is 0 Å². The fraction of sp³-hybridized carbons (Fsp3) is 0.133. The second-order valence-corrected chi connectivity index (χ2v) is 3.86. The molecule has 2 aromatic rings. The molecule has 0 aliphatic heterocycles. The normalized spacial score (nSPS) is 12.1. The van der Waals surface area contributed by atoms with E-state index in [1.165, 1.54) is 0 Å². The van der Waals surface area contributed by atoms with Gasteiger partial charge in [0.2, 0.25) is 0 Å². The van der Waals surface area contributed by atoms with Crippen LogP contribution in [0.5, 0.6) is 0 Å². The summed E-state index contributed by atoms with van der Waals surface area (Å²) in [7, 11) is 0. The molecule has 0 fully saturated rings. The average molecular weight is 211 g/mol. The number of benzene rings is 2. The molecule has 0 radical (unpaired) electrons. The van der Waals surface area contributed by atoms with Crippen molar-refractivity contribution < 1.29 is 4.79 Å². The van der Waals surface area contributed by atoms with Gasteiger partial charge >= 0.3 is 0 Å². The monoisotopic (exact) mass is 211 g/mol. The third kappa shape index (κ3) is 2.19. The Morgan fingerprint density at radius 1 is 0.875 bits per heavy atom. The van der Waals surface area contributed by atoms with Crippen molar-refractivity contribution in [3.63, 3.8) is 0 Å². The van der Waals surface area contributed by atoms with Crippen molar-refractivity contribution in [2.45, 2.75) is 12.8 Å². The molecule has 2 rings (SSSR count). The molecule has 80 valence electrons. The summed E-state index contributed by atoms with van der Waals surface area (Å²) < 4.78 is 0. The highest BCUT2D eigenvalue weighted by molar-refractivity contribution is 6.00. The summed E-state index contributed by atoms with van der Waals surface area (Å²) in [5.41, 5.74) is 1.84. The molecule has 0 saturated heterocycles. The molecular formula is C15H14O. The van der Waals surface area contributed by atoms with Gasteiger partial charge in [-0.2, -0.15) is 0 Å². The maximum absolute atomic E-state index is 12.1. The third-order valence-corrected chi connectivity index (χ3v) is 2.75. The molecule has 1 heteroatoms. The maximum Gasteiger partial charge on any atom is 0.170 e. The molecule has 0 amide bonds. The van der Waals surface area contributed by atoms with Gasteiger partial charge in [-0.3, -0.25) is 4.79 Å². The van der Waals surface area contributed by atoms with Gasteiger partial charge in [0.25, 0.3) is 0 Å². The van der Waals surface area contributed by atoms with Gasteiger partial charge in [-0.05, 0) is 5.56 Å². The van der Waals surface area contributed by atoms with Crippen LogP contribution in [0, 0.1) is 0 Å². The smallest absolute Gasteiger partial charge is 0.170 e. The molecule has 2 aromatic carbocycles. The molecule has 0 spiro atoms. The van der Waals surface area contributed by atoms with E-state index in [0.717, 1.165) is 11.1 Å². The first kappa shape index (κ1) is 10.6. The van der Waals surface area contributed by atoms with Crippen molar-refractivity contribution in [1.82, 2.24) is 0 Å². The molecule has 0 heterocycles. The number of rotatable bonds is 3. The Balaban J connectivity index is 2.24. The van der Waals surface area contributed by atoms with Crippen LogP contribution in [0.3, 0.4) is 0 Å². The van der Waals surface area contributed by atoms with Gasteiger partial charge in [-0.15, -0.1) is 0 Å². The fourth-order valence-corrected chi connectivity index (χ4v) is 1.75. The van der Waals surface area contributed by atoms with E-state index in [1.54, 1.807) is 0 Å². The zero-order valence-electron chi connectivity index (χ0n) is 9.26. The number of Topliss-reactive ketones (excluding diaryl/α,β-unsaturated/α-hetero) is 1. The molecule has 1 atom stereocenters. The van der Waals surface area contributed by atoms with Gasteiger partial charge in [-0.25, -0.2) is 0 Å². The van der Waals surface area contributed by atoms with E-state index in [9.17, 15) is 4.79 Å². The van der Waals surface area contributed by atoms with Crippen LogP contribution in [-0.2, 0) is 0 Å². The summed E-state index contributed by atoms with van der Waals surface area (Å²) in [4.78, 5) is 12.1. The fourth-order valence-electron chi connectivity index (χ4n) is 1.75. The Morgan fingerprint density at radius 2 is 1.38 bits per heavy atom. The Hall–Kier alpha value is -1.89. The van der Waals surface area contributed by atoms with Crippen LogP contribution in [-0.4, -0.2) is 5.78 Å². The predicted octanol–water partition coefficient (Wildman–Crippen LogP) is 3.67. The van der Waals surface area contributed by atoms with Gasteiger partial charge in [0, 0.05) is 11.5 Å². The van der Waals surface area contributed by atoms with Crippen LogP contribution in [0.15, 0.2) is 60.7 Å². The van der Waals surface area contributed by atoms with Crippen LogP contribution >= 0.6 is 0 Å². The molecule has 16 heavy (non-hydrogen) atoms. The first-order valence-electron chi connectivity index (χ1n) is 5.43. The minimum absolute atomic E-state index is 0.0800. The molecule has 0 N–H and O–H groups in total. The number of carbonyl (C=O) groups excluding carboxylic acids is 1. The van der Waals surface area contributed by atoms with E-state index >= 15 is 0 Å². The molecule has 0 aromatic heterocycles. The second kappa shape index (κ2) is 4.75. The zero-order valence-corrected chi connectivity index (χ0v) is 9.26. The molecule has 0 saturated carbocycles. The van der Waals surface area contributed by atoms with Crippen molar-refractivity contribution in [2.24, 2.45) is 0 Å². The minimum atomic E-state index is -0.0800. The lowest BCUT2D eigenvalue weighted by Gasteiger charge is -2.10. The summed E-state index contributed by atoms with van der Waals surface area (Å²) in [5.74, 6) is 0.0930. The Morgan fingerprint density at radius 3 is 1.94 bits per heavy atom. The zero-order chi connectivity index (χ0) is 11.4. The highest BCUT2D eigenvalue weighted by Crippen LogP contribution is 2.19. The van der Waals surface area contributed by atoms with Gasteiger partial charge in [0.15, 0.2) is 5.78 Å². The van der Waals surface area contributed by atoms with Crippen LogP contribution in [0.1, 0.15) is 28.8 Å². The first-order chi connectivity index (χ1) is 7.79. The van der Waals surface area contributed by atoms with Crippen molar-refractivity contribution in [3.05, 3.63) is 71.8 Å². The summed E-state index contributed by atoms with van der Waals surface area (Å²) in [5, 5.41) is 0. The first-order valence-corrected chi connectivity index (χ1v) is 5.43. The second-order valence-electron chi connectivity index (χ2n) is 3.86. The lowest BCUT2D eigenvalue weighted by atomic mass is 10.0. The van der Waals surface area contributed by atoms with Crippen molar-refractivity contribution >= 4 is 5.78 Å². The van der Waals surface area contributed by atoms with Crippen LogP contribution in [0.25, 0.3) is 0 Å². The summed E-state index contributed by atoms with van der Waals surface area (Å²) in [6, 6.07) is 19.3. The summed E-state index contributed by atoms with van der Waals surface area (Å²) >= 11 is 0. The van der Waals surface area contributed by atoms with Crippen LogP contribution in [0.2, 0.25) is 0 Å². The van der Waals surface area contributed by atoms with Crippen molar-refractivity contribution in [3.8, 4) is 0 Å². The third-order valence-electron chi connectivity index (χ3n) is 2.75. The average Bonchev–Trinajstić information content (AvgIpc) is 2.39. The molecule has 0 aliphatic carbocycles. The highest BCUT2D eigenvalue weighted by atomic mass is 16.2. The van der Waals surface area contributed by atoms with E-state index in [2.05, 4.69) is 0 Å². The lowest BCUT2D eigenvalue weighted by Crippen LogP contribution is -2.09. The lowest BCUT2D eigenvalue weighted by molar-refractivity contribution is 0.0966. The number of hydrogen-bond donors (Lipinski definition) is 0. The van der Waals surface area contributed by atoms with E-state index < -0.39 is 0 Å². The van der Waals surface area contributed by atoms with E-state index in [0.29, 0.717) is 0 Å². The van der Waals surface area contributed by atoms with Gasteiger partial charge < -0.3 is 0 Å². The summed E-state index contributed by atoms with van der Waals surface area (Å²) in [6.45, 7) is 1.95. The van der Waals surface area contributed by atoms with Gasteiger partial charge in [0.05, 0.1) is 0 Å². The van der Waals surface area contributed by atoms with Crippen LogP contribution in [0.4, 0.5) is 0 Å². The van der Waals surface area contributed by atoms with E-state index in [-0.39, 0.29) is 11.7 Å². The van der Waals surface area contributed by atoms with Crippen LogP contribution < -0.4 is 0 Å².